The van der Waals surface area contributed by atoms with Crippen LogP contribution in [0.15, 0.2) is 44.6 Å². The van der Waals surface area contributed by atoms with Crippen LogP contribution in [0.5, 0.6) is 5.75 Å². The van der Waals surface area contributed by atoms with Gasteiger partial charge in [0.1, 0.15) is 17.9 Å². The van der Waals surface area contributed by atoms with E-state index in [-0.39, 0.29) is 5.63 Å². The van der Waals surface area contributed by atoms with Gasteiger partial charge in [-0.25, -0.2) is 4.79 Å². The van der Waals surface area contributed by atoms with Crippen LogP contribution < -0.4 is 10.4 Å². The minimum Gasteiger partial charge on any atom is -0.488 e. The lowest BCUT2D eigenvalue weighted by atomic mass is 9.91. The molecule has 0 amide bonds. The Hall–Kier alpha value is -2.00. The highest BCUT2D eigenvalue weighted by molar-refractivity contribution is 6.32. The van der Waals surface area contributed by atoms with Crippen LogP contribution in [0.3, 0.4) is 0 Å². The molecule has 0 bridgehead atoms. The molecule has 0 N–H and O–H groups in total. The highest BCUT2D eigenvalue weighted by Gasteiger charge is 2.19. The van der Waals surface area contributed by atoms with Crippen molar-refractivity contribution in [3.63, 3.8) is 0 Å². The van der Waals surface area contributed by atoms with E-state index in [4.69, 9.17) is 20.8 Å². The standard InChI is InChI=1S/C23H27ClO3/c1-15(2)7-6-8-16(3)11-12-26-22-14-21-19(13-20(22)24)17-9-4-5-10-18(17)23(25)27-21/h7,11,13-14H,4-6,8-10,12H2,1-3H3/b16-11+. The monoisotopic (exact) mass is 386 g/mol. The maximum absolute atomic E-state index is 12.3. The fourth-order valence-electron chi connectivity index (χ4n) is 3.52. The van der Waals surface area contributed by atoms with Gasteiger partial charge < -0.3 is 9.15 Å². The maximum Gasteiger partial charge on any atom is 0.339 e. The molecule has 0 saturated heterocycles. The first kappa shape index (κ1) is 19.8. The Morgan fingerprint density at radius 2 is 1.89 bits per heavy atom. The number of hydrogen-bond donors (Lipinski definition) is 0. The normalized spacial score (nSPS) is 14.1. The summed E-state index contributed by atoms with van der Waals surface area (Å²) in [7, 11) is 0. The third-order valence-electron chi connectivity index (χ3n) is 5.04. The van der Waals surface area contributed by atoms with E-state index in [9.17, 15) is 4.79 Å². The van der Waals surface area contributed by atoms with Crippen molar-refractivity contribution in [2.24, 2.45) is 0 Å². The van der Waals surface area contributed by atoms with Crippen molar-refractivity contribution in [1.29, 1.82) is 0 Å². The van der Waals surface area contributed by atoms with Crippen LogP contribution in [0.1, 0.15) is 57.6 Å². The predicted molar refractivity (Wildman–Crippen MR) is 112 cm³/mol. The zero-order valence-corrected chi connectivity index (χ0v) is 17.1. The molecule has 27 heavy (non-hydrogen) atoms. The topological polar surface area (TPSA) is 39.4 Å². The van der Waals surface area contributed by atoms with E-state index >= 15 is 0 Å². The number of allylic oxidation sites excluding steroid dienone is 3. The van der Waals surface area contributed by atoms with Crippen molar-refractivity contribution in [3.8, 4) is 5.75 Å². The molecular weight excluding hydrogens is 360 g/mol. The van der Waals surface area contributed by atoms with Gasteiger partial charge in [-0.05, 0) is 77.0 Å². The molecule has 3 rings (SSSR count). The first-order valence-electron chi connectivity index (χ1n) is 9.65. The second kappa shape index (κ2) is 8.79. The highest BCUT2D eigenvalue weighted by atomic mass is 35.5. The molecule has 2 aromatic rings. The molecule has 0 aliphatic heterocycles. The average Bonchev–Trinajstić information content (AvgIpc) is 2.63. The van der Waals surface area contributed by atoms with Crippen LogP contribution in [0, 0.1) is 0 Å². The third kappa shape index (κ3) is 4.84. The molecule has 1 heterocycles. The molecule has 0 spiro atoms. The van der Waals surface area contributed by atoms with E-state index in [1.165, 1.54) is 11.1 Å². The van der Waals surface area contributed by atoms with Gasteiger partial charge in [0.2, 0.25) is 0 Å². The Bertz CT molecular complexity index is 946. The molecule has 1 aliphatic carbocycles. The van der Waals surface area contributed by atoms with E-state index in [1.807, 2.05) is 6.07 Å². The van der Waals surface area contributed by atoms with Gasteiger partial charge in [0, 0.05) is 17.0 Å². The maximum atomic E-state index is 12.3. The quantitative estimate of drug-likeness (QED) is 0.426. The molecule has 0 atom stereocenters. The van der Waals surface area contributed by atoms with Crippen LogP contribution in [0.4, 0.5) is 0 Å². The molecule has 0 radical (unpaired) electrons. The number of halogens is 1. The minimum atomic E-state index is -0.222. The Labute approximate surface area is 165 Å². The van der Waals surface area contributed by atoms with Gasteiger partial charge in [0.15, 0.2) is 0 Å². The Morgan fingerprint density at radius 3 is 2.63 bits per heavy atom. The van der Waals surface area contributed by atoms with E-state index in [2.05, 4.69) is 32.9 Å². The summed E-state index contributed by atoms with van der Waals surface area (Å²) in [4.78, 5) is 12.3. The fourth-order valence-corrected chi connectivity index (χ4v) is 3.74. The molecule has 0 unspecified atom stereocenters. The van der Waals surface area contributed by atoms with Crippen LogP contribution in [-0.4, -0.2) is 6.61 Å². The summed E-state index contributed by atoms with van der Waals surface area (Å²) < 4.78 is 11.4. The van der Waals surface area contributed by atoms with Crippen molar-refractivity contribution in [2.45, 2.75) is 59.3 Å². The van der Waals surface area contributed by atoms with Crippen molar-refractivity contribution in [1.82, 2.24) is 0 Å². The first-order valence-corrected chi connectivity index (χ1v) is 10.0. The van der Waals surface area contributed by atoms with Gasteiger partial charge in [-0.15, -0.1) is 0 Å². The van der Waals surface area contributed by atoms with Gasteiger partial charge in [-0.1, -0.05) is 28.8 Å². The minimum absolute atomic E-state index is 0.222. The zero-order valence-electron chi connectivity index (χ0n) is 16.4. The number of aryl methyl sites for hydroxylation is 1. The largest absolute Gasteiger partial charge is 0.488 e. The van der Waals surface area contributed by atoms with Crippen LogP contribution in [0.25, 0.3) is 11.0 Å². The van der Waals surface area contributed by atoms with Crippen molar-refractivity contribution >= 4 is 22.6 Å². The lowest BCUT2D eigenvalue weighted by Gasteiger charge is -2.17. The van der Waals surface area contributed by atoms with Gasteiger partial charge in [-0.3, -0.25) is 0 Å². The molecular formula is C23H27ClO3. The van der Waals surface area contributed by atoms with Crippen LogP contribution >= 0.6 is 11.6 Å². The molecule has 144 valence electrons. The summed E-state index contributed by atoms with van der Waals surface area (Å²) >= 11 is 6.45. The Morgan fingerprint density at radius 1 is 1.15 bits per heavy atom. The highest BCUT2D eigenvalue weighted by Crippen LogP contribution is 2.34. The SMILES string of the molecule is CC(C)=CCC/C(C)=C/COc1cc2oc(=O)c3c(c2cc1Cl)CCCC3. The van der Waals surface area contributed by atoms with E-state index in [0.717, 1.165) is 55.0 Å². The summed E-state index contributed by atoms with van der Waals surface area (Å²) in [5, 5.41) is 1.50. The van der Waals surface area contributed by atoms with Crippen molar-refractivity contribution in [3.05, 3.63) is 62.0 Å². The summed E-state index contributed by atoms with van der Waals surface area (Å²) in [6, 6.07) is 3.63. The fraction of sp³-hybridized carbons (Fsp3) is 0.435. The third-order valence-corrected chi connectivity index (χ3v) is 5.33. The van der Waals surface area contributed by atoms with Crippen molar-refractivity contribution in [2.75, 3.05) is 6.61 Å². The number of benzene rings is 1. The number of fused-ring (bicyclic) bond motifs is 3. The Kier molecular flexibility index (Phi) is 6.43. The molecule has 0 fully saturated rings. The van der Waals surface area contributed by atoms with E-state index in [1.54, 1.807) is 6.07 Å². The van der Waals surface area contributed by atoms with Crippen LogP contribution in [-0.2, 0) is 12.8 Å². The summed E-state index contributed by atoms with van der Waals surface area (Å²) in [6.07, 6.45) is 10.2. The number of hydrogen-bond acceptors (Lipinski definition) is 3. The van der Waals surface area contributed by atoms with Crippen LogP contribution in [0.2, 0.25) is 5.02 Å². The second-order valence-electron chi connectivity index (χ2n) is 7.51. The molecule has 4 heteroatoms. The van der Waals surface area contributed by atoms with Gasteiger partial charge in [0.25, 0.3) is 0 Å². The molecule has 0 saturated carbocycles. The van der Waals surface area contributed by atoms with Gasteiger partial charge in [0.05, 0.1) is 5.02 Å². The molecule has 1 aromatic carbocycles. The average molecular weight is 387 g/mol. The van der Waals surface area contributed by atoms with Crippen molar-refractivity contribution < 1.29 is 9.15 Å². The molecule has 1 aromatic heterocycles. The lowest BCUT2D eigenvalue weighted by Crippen LogP contribution is -2.15. The Balaban J connectivity index is 1.77. The van der Waals surface area contributed by atoms with Gasteiger partial charge >= 0.3 is 5.63 Å². The van der Waals surface area contributed by atoms with E-state index in [0.29, 0.717) is 23.0 Å². The predicted octanol–water partition coefficient (Wildman–Crippen LogP) is 6.40. The number of rotatable bonds is 6. The summed E-state index contributed by atoms with van der Waals surface area (Å²) in [5.41, 5.74) is 4.87. The second-order valence-corrected chi connectivity index (χ2v) is 7.92. The summed E-state index contributed by atoms with van der Waals surface area (Å²) in [6.45, 7) is 6.77. The lowest BCUT2D eigenvalue weighted by molar-refractivity contribution is 0.361. The van der Waals surface area contributed by atoms with E-state index < -0.39 is 0 Å². The first-order chi connectivity index (χ1) is 13.0. The zero-order chi connectivity index (χ0) is 19.4. The molecule has 1 aliphatic rings. The molecule has 3 nitrogen and oxygen atoms in total. The van der Waals surface area contributed by atoms with Gasteiger partial charge in [-0.2, -0.15) is 0 Å². The summed E-state index contributed by atoms with van der Waals surface area (Å²) in [5.74, 6) is 0.552. The number of ether oxygens (including phenoxy) is 1. The smallest absolute Gasteiger partial charge is 0.339 e.